The van der Waals surface area contributed by atoms with Crippen LogP contribution in [0.3, 0.4) is 0 Å². The van der Waals surface area contributed by atoms with Crippen molar-refractivity contribution >= 4 is 5.91 Å². The van der Waals surface area contributed by atoms with Crippen LogP contribution < -0.4 is 5.32 Å². The van der Waals surface area contributed by atoms with Crippen molar-refractivity contribution in [1.29, 1.82) is 0 Å². The number of carbonyl (C=O) groups excluding carboxylic acids is 1. The molecular formula is C14H23N3O. The minimum absolute atomic E-state index is 0.183. The molecule has 0 spiro atoms. The van der Waals surface area contributed by atoms with Crippen molar-refractivity contribution in [1.82, 2.24) is 15.1 Å². The van der Waals surface area contributed by atoms with E-state index >= 15 is 0 Å². The SMILES string of the molecule is C=CCN(CC=C)C(=O)CN1C[C@H]2CNC[C@H]2C1. The van der Waals surface area contributed by atoms with Crippen LogP contribution in [0.15, 0.2) is 25.3 Å². The van der Waals surface area contributed by atoms with Crippen LogP contribution in [-0.4, -0.2) is 61.5 Å². The van der Waals surface area contributed by atoms with E-state index in [0.29, 0.717) is 19.6 Å². The van der Waals surface area contributed by atoms with Crippen molar-refractivity contribution in [3.05, 3.63) is 25.3 Å². The number of nitrogens with zero attached hydrogens (tertiary/aromatic N) is 2. The fourth-order valence-electron chi connectivity index (χ4n) is 2.96. The van der Waals surface area contributed by atoms with E-state index in [1.807, 2.05) is 0 Å². The van der Waals surface area contributed by atoms with E-state index in [0.717, 1.165) is 38.0 Å². The predicted octanol–water partition coefficient (Wildman–Crippen LogP) is 0.338. The summed E-state index contributed by atoms with van der Waals surface area (Å²) in [6.45, 7) is 13.5. The molecule has 2 atom stereocenters. The lowest BCUT2D eigenvalue weighted by molar-refractivity contribution is -0.131. The fourth-order valence-corrected chi connectivity index (χ4v) is 2.96. The molecule has 0 aromatic heterocycles. The second-order valence-corrected chi connectivity index (χ2v) is 5.25. The van der Waals surface area contributed by atoms with E-state index in [1.54, 1.807) is 17.1 Å². The first-order chi connectivity index (χ1) is 8.74. The largest absolute Gasteiger partial charge is 0.334 e. The maximum absolute atomic E-state index is 12.2. The summed E-state index contributed by atoms with van der Waals surface area (Å²) in [6, 6.07) is 0. The molecule has 4 nitrogen and oxygen atoms in total. The minimum Gasteiger partial charge on any atom is -0.334 e. The number of rotatable bonds is 6. The van der Waals surface area contributed by atoms with E-state index in [1.165, 1.54) is 0 Å². The number of carbonyl (C=O) groups is 1. The van der Waals surface area contributed by atoms with Crippen LogP contribution in [0.4, 0.5) is 0 Å². The molecule has 0 aromatic carbocycles. The van der Waals surface area contributed by atoms with E-state index in [4.69, 9.17) is 0 Å². The smallest absolute Gasteiger partial charge is 0.237 e. The van der Waals surface area contributed by atoms with Gasteiger partial charge in [-0.05, 0) is 24.9 Å². The average molecular weight is 249 g/mol. The lowest BCUT2D eigenvalue weighted by Gasteiger charge is -2.23. The summed E-state index contributed by atoms with van der Waals surface area (Å²) >= 11 is 0. The summed E-state index contributed by atoms with van der Waals surface area (Å²) in [5.41, 5.74) is 0. The van der Waals surface area contributed by atoms with Gasteiger partial charge in [-0.15, -0.1) is 13.2 Å². The van der Waals surface area contributed by atoms with Crippen LogP contribution in [-0.2, 0) is 4.79 Å². The van der Waals surface area contributed by atoms with Crippen LogP contribution in [0.5, 0.6) is 0 Å². The highest BCUT2D eigenvalue weighted by Crippen LogP contribution is 2.25. The van der Waals surface area contributed by atoms with Gasteiger partial charge in [0.15, 0.2) is 0 Å². The van der Waals surface area contributed by atoms with Gasteiger partial charge in [0.25, 0.3) is 0 Å². The quantitative estimate of drug-likeness (QED) is 0.690. The zero-order valence-electron chi connectivity index (χ0n) is 11.0. The molecule has 2 rings (SSSR count). The molecule has 2 aliphatic heterocycles. The van der Waals surface area contributed by atoms with E-state index in [2.05, 4.69) is 23.4 Å². The zero-order valence-corrected chi connectivity index (χ0v) is 11.0. The topological polar surface area (TPSA) is 35.6 Å². The van der Waals surface area contributed by atoms with Gasteiger partial charge in [0, 0.05) is 26.2 Å². The van der Waals surface area contributed by atoms with E-state index < -0.39 is 0 Å². The highest BCUT2D eigenvalue weighted by Gasteiger charge is 2.36. The number of nitrogens with one attached hydrogen (secondary N) is 1. The Labute approximate surface area is 109 Å². The molecule has 1 amide bonds. The highest BCUT2D eigenvalue weighted by molar-refractivity contribution is 5.78. The molecule has 2 heterocycles. The Hall–Kier alpha value is -1.13. The van der Waals surface area contributed by atoms with Crippen LogP contribution >= 0.6 is 0 Å². The molecule has 2 aliphatic rings. The van der Waals surface area contributed by atoms with E-state index in [9.17, 15) is 4.79 Å². The van der Waals surface area contributed by atoms with Gasteiger partial charge in [0.1, 0.15) is 0 Å². The Morgan fingerprint density at radius 1 is 1.22 bits per heavy atom. The molecule has 2 fully saturated rings. The molecule has 2 saturated heterocycles. The standard InChI is InChI=1S/C14H23N3O/c1-3-5-17(6-4-2)14(18)11-16-9-12-7-15-8-13(12)10-16/h3-4,12-13,15H,1-2,5-11H2/t12-,13+. The Bertz CT molecular complexity index is 307. The molecule has 18 heavy (non-hydrogen) atoms. The Morgan fingerprint density at radius 2 is 1.78 bits per heavy atom. The van der Waals surface area contributed by atoms with Gasteiger partial charge in [0.2, 0.25) is 5.91 Å². The van der Waals surface area contributed by atoms with Crippen LogP contribution in [0.1, 0.15) is 0 Å². The maximum atomic E-state index is 12.2. The Morgan fingerprint density at radius 3 is 2.28 bits per heavy atom. The molecule has 0 saturated carbocycles. The molecule has 0 unspecified atom stereocenters. The molecule has 0 radical (unpaired) electrons. The van der Waals surface area contributed by atoms with Gasteiger partial charge in [-0.1, -0.05) is 12.2 Å². The summed E-state index contributed by atoms with van der Waals surface area (Å²) in [5, 5.41) is 3.41. The molecule has 100 valence electrons. The summed E-state index contributed by atoms with van der Waals surface area (Å²) in [4.78, 5) is 16.3. The van der Waals surface area contributed by atoms with Gasteiger partial charge >= 0.3 is 0 Å². The number of hydrogen-bond acceptors (Lipinski definition) is 3. The van der Waals surface area contributed by atoms with Crippen molar-refractivity contribution in [3.63, 3.8) is 0 Å². The molecule has 4 heteroatoms. The molecule has 0 bridgehead atoms. The lowest BCUT2D eigenvalue weighted by Crippen LogP contribution is -2.40. The number of likely N-dealkylation sites (tertiary alicyclic amines) is 1. The van der Waals surface area contributed by atoms with Gasteiger partial charge in [0.05, 0.1) is 6.54 Å². The summed E-state index contributed by atoms with van der Waals surface area (Å²) < 4.78 is 0. The second-order valence-electron chi connectivity index (χ2n) is 5.25. The monoisotopic (exact) mass is 249 g/mol. The fraction of sp³-hybridized carbons (Fsp3) is 0.643. The Kier molecular flexibility index (Phi) is 4.55. The van der Waals surface area contributed by atoms with Crippen molar-refractivity contribution in [2.45, 2.75) is 0 Å². The average Bonchev–Trinajstić information content (AvgIpc) is 2.89. The summed E-state index contributed by atoms with van der Waals surface area (Å²) in [5.74, 6) is 1.66. The Balaban J connectivity index is 1.83. The normalized spacial score (nSPS) is 26.9. The number of hydrogen-bond donors (Lipinski definition) is 1. The van der Waals surface area contributed by atoms with Crippen molar-refractivity contribution in [2.24, 2.45) is 11.8 Å². The molecule has 0 aromatic rings. The first kappa shape index (κ1) is 13.3. The van der Waals surface area contributed by atoms with Crippen molar-refractivity contribution in [2.75, 3.05) is 45.8 Å². The molecule has 1 N–H and O–H groups in total. The molecular weight excluding hydrogens is 226 g/mol. The summed E-state index contributed by atoms with van der Waals surface area (Å²) in [7, 11) is 0. The van der Waals surface area contributed by atoms with Crippen LogP contribution in [0.25, 0.3) is 0 Å². The number of amides is 1. The maximum Gasteiger partial charge on any atom is 0.237 e. The predicted molar refractivity (Wildman–Crippen MR) is 73.3 cm³/mol. The van der Waals surface area contributed by atoms with Gasteiger partial charge in [-0.3, -0.25) is 9.69 Å². The lowest BCUT2D eigenvalue weighted by atomic mass is 10.0. The first-order valence-corrected chi connectivity index (χ1v) is 6.67. The van der Waals surface area contributed by atoms with Crippen LogP contribution in [0.2, 0.25) is 0 Å². The van der Waals surface area contributed by atoms with Crippen molar-refractivity contribution in [3.8, 4) is 0 Å². The zero-order chi connectivity index (χ0) is 13.0. The van der Waals surface area contributed by atoms with Crippen molar-refractivity contribution < 1.29 is 4.79 Å². The second kappa shape index (κ2) is 6.16. The molecule has 0 aliphatic carbocycles. The van der Waals surface area contributed by atoms with Gasteiger partial charge < -0.3 is 10.2 Å². The van der Waals surface area contributed by atoms with Crippen LogP contribution in [0, 0.1) is 11.8 Å². The van der Waals surface area contributed by atoms with Gasteiger partial charge in [-0.2, -0.15) is 0 Å². The minimum atomic E-state index is 0.183. The van der Waals surface area contributed by atoms with Gasteiger partial charge in [-0.25, -0.2) is 0 Å². The highest BCUT2D eigenvalue weighted by atomic mass is 16.2. The summed E-state index contributed by atoms with van der Waals surface area (Å²) in [6.07, 6.45) is 3.54. The third kappa shape index (κ3) is 3.00. The number of fused-ring (bicyclic) bond motifs is 1. The first-order valence-electron chi connectivity index (χ1n) is 6.67. The van der Waals surface area contributed by atoms with E-state index in [-0.39, 0.29) is 5.91 Å². The third-order valence-corrected chi connectivity index (χ3v) is 3.88. The third-order valence-electron chi connectivity index (χ3n) is 3.88.